The van der Waals surface area contributed by atoms with Crippen molar-refractivity contribution in [2.75, 3.05) is 41.4 Å². The molecule has 0 bridgehead atoms. The lowest BCUT2D eigenvalue weighted by Crippen LogP contribution is -2.43. The van der Waals surface area contributed by atoms with E-state index in [-0.39, 0.29) is 12.5 Å². The minimum atomic E-state index is -0.0117. The van der Waals surface area contributed by atoms with Gasteiger partial charge >= 0.3 is 0 Å². The van der Waals surface area contributed by atoms with Crippen LogP contribution >= 0.6 is 0 Å². The standard InChI is InChI=1S/C20H32N4O3/c1-24(2)19(25)14-22-20(23-16-7-5-6-8-16)21-12-11-15-9-10-17(26-3)18(13-15)27-4/h9-10,13,16H,5-8,11-12,14H2,1-4H3,(H2,21,22,23). The SMILES string of the molecule is COc1ccc(CCNC(=NCC(=O)N(C)C)NC2CCCC2)cc1OC. The van der Waals surface area contributed by atoms with E-state index in [9.17, 15) is 4.79 Å². The lowest BCUT2D eigenvalue weighted by Gasteiger charge is -2.18. The van der Waals surface area contributed by atoms with Gasteiger partial charge in [0, 0.05) is 26.7 Å². The minimum Gasteiger partial charge on any atom is -0.493 e. The summed E-state index contributed by atoms with van der Waals surface area (Å²) in [6.45, 7) is 0.857. The number of carbonyl (C=O) groups excluding carboxylic acids is 1. The zero-order chi connectivity index (χ0) is 19.6. The fourth-order valence-electron chi connectivity index (χ4n) is 3.07. The number of amides is 1. The number of methoxy groups -OCH3 is 2. The van der Waals surface area contributed by atoms with Crippen molar-refractivity contribution < 1.29 is 14.3 Å². The summed E-state index contributed by atoms with van der Waals surface area (Å²) in [5.41, 5.74) is 1.14. The lowest BCUT2D eigenvalue weighted by molar-refractivity contribution is -0.127. The topological polar surface area (TPSA) is 75.2 Å². The molecule has 1 aromatic carbocycles. The Hall–Kier alpha value is -2.44. The second kappa shape index (κ2) is 10.6. The third-order valence-corrected chi connectivity index (χ3v) is 4.72. The van der Waals surface area contributed by atoms with Gasteiger partial charge in [0.1, 0.15) is 6.54 Å². The fraction of sp³-hybridized carbons (Fsp3) is 0.600. The molecule has 7 heteroatoms. The summed E-state index contributed by atoms with van der Waals surface area (Å²) in [5.74, 6) is 2.14. The zero-order valence-corrected chi connectivity index (χ0v) is 16.9. The molecule has 0 heterocycles. The number of guanidine groups is 1. The molecular weight excluding hydrogens is 344 g/mol. The minimum absolute atomic E-state index is 0.0117. The maximum absolute atomic E-state index is 11.8. The van der Waals surface area contributed by atoms with Crippen LogP contribution in [0.4, 0.5) is 0 Å². The van der Waals surface area contributed by atoms with Crippen molar-refractivity contribution in [2.45, 2.75) is 38.1 Å². The molecule has 1 amide bonds. The first kappa shape index (κ1) is 20.9. The van der Waals surface area contributed by atoms with Gasteiger partial charge in [-0.05, 0) is 37.0 Å². The smallest absolute Gasteiger partial charge is 0.243 e. The quantitative estimate of drug-likeness (QED) is 0.535. The number of hydrogen-bond acceptors (Lipinski definition) is 4. The Labute approximate surface area is 162 Å². The summed E-state index contributed by atoms with van der Waals surface area (Å²) in [4.78, 5) is 17.9. The van der Waals surface area contributed by atoms with Gasteiger partial charge in [-0.1, -0.05) is 18.9 Å². The van der Waals surface area contributed by atoms with Crippen LogP contribution < -0.4 is 20.1 Å². The third kappa shape index (κ3) is 6.66. The molecule has 0 spiro atoms. The van der Waals surface area contributed by atoms with Gasteiger partial charge in [0.15, 0.2) is 17.5 Å². The van der Waals surface area contributed by atoms with Crippen LogP contribution in [0.25, 0.3) is 0 Å². The van der Waals surface area contributed by atoms with Gasteiger partial charge < -0.3 is 25.0 Å². The lowest BCUT2D eigenvalue weighted by atomic mass is 10.1. The third-order valence-electron chi connectivity index (χ3n) is 4.72. The molecule has 0 atom stereocenters. The van der Waals surface area contributed by atoms with Gasteiger partial charge in [0.25, 0.3) is 0 Å². The Morgan fingerprint density at radius 3 is 2.52 bits per heavy atom. The highest BCUT2D eigenvalue weighted by atomic mass is 16.5. The average Bonchev–Trinajstić information content (AvgIpc) is 3.18. The highest BCUT2D eigenvalue weighted by Crippen LogP contribution is 2.27. The van der Waals surface area contributed by atoms with Crippen molar-refractivity contribution in [3.63, 3.8) is 0 Å². The van der Waals surface area contributed by atoms with Crippen molar-refractivity contribution in [1.29, 1.82) is 0 Å². The number of hydrogen-bond donors (Lipinski definition) is 2. The summed E-state index contributed by atoms with van der Waals surface area (Å²) in [6, 6.07) is 6.36. The average molecular weight is 377 g/mol. The van der Waals surface area contributed by atoms with E-state index < -0.39 is 0 Å². The molecule has 0 aromatic heterocycles. The molecule has 1 aliphatic carbocycles. The van der Waals surface area contributed by atoms with Crippen LogP contribution in [0.15, 0.2) is 23.2 Å². The van der Waals surface area contributed by atoms with Gasteiger partial charge in [0.2, 0.25) is 5.91 Å². The van der Waals surface area contributed by atoms with E-state index in [1.165, 1.54) is 12.8 Å². The monoisotopic (exact) mass is 376 g/mol. The summed E-state index contributed by atoms with van der Waals surface area (Å²) in [6.07, 6.45) is 5.60. The van der Waals surface area contributed by atoms with Crippen LogP contribution in [-0.4, -0.2) is 64.2 Å². The highest BCUT2D eigenvalue weighted by molar-refractivity contribution is 5.84. The molecule has 7 nitrogen and oxygen atoms in total. The molecule has 0 unspecified atom stereocenters. The predicted octanol–water partition coefficient (Wildman–Crippen LogP) is 1.81. The Morgan fingerprint density at radius 1 is 1.19 bits per heavy atom. The van der Waals surface area contributed by atoms with E-state index in [1.54, 1.807) is 33.2 Å². The normalized spacial score (nSPS) is 14.7. The van der Waals surface area contributed by atoms with Gasteiger partial charge in [0.05, 0.1) is 14.2 Å². The molecule has 1 aromatic rings. The molecule has 27 heavy (non-hydrogen) atoms. The number of rotatable bonds is 8. The van der Waals surface area contributed by atoms with Crippen molar-refractivity contribution in [3.8, 4) is 11.5 Å². The number of nitrogens with zero attached hydrogens (tertiary/aromatic N) is 2. The Balaban J connectivity index is 1.93. The molecule has 1 aliphatic rings. The number of aliphatic imine (C=N–C) groups is 1. The Morgan fingerprint density at radius 2 is 1.89 bits per heavy atom. The summed E-state index contributed by atoms with van der Waals surface area (Å²) < 4.78 is 10.6. The van der Waals surface area contributed by atoms with Gasteiger partial charge in [-0.3, -0.25) is 4.79 Å². The van der Waals surface area contributed by atoms with E-state index in [4.69, 9.17) is 9.47 Å². The molecule has 1 saturated carbocycles. The molecule has 2 N–H and O–H groups in total. The first-order valence-corrected chi connectivity index (χ1v) is 9.49. The first-order valence-electron chi connectivity index (χ1n) is 9.49. The van der Waals surface area contributed by atoms with E-state index in [1.807, 2.05) is 18.2 Å². The molecule has 150 valence electrons. The second-order valence-corrected chi connectivity index (χ2v) is 6.94. The highest BCUT2D eigenvalue weighted by Gasteiger charge is 2.16. The molecule has 1 fully saturated rings. The Kier molecular flexibility index (Phi) is 8.23. The maximum atomic E-state index is 11.8. The van der Waals surface area contributed by atoms with Gasteiger partial charge in [-0.2, -0.15) is 0 Å². The van der Waals surface area contributed by atoms with Crippen LogP contribution in [0, 0.1) is 0 Å². The maximum Gasteiger partial charge on any atom is 0.243 e. The number of likely N-dealkylation sites (N-methyl/N-ethyl adjacent to an activating group) is 1. The Bertz CT molecular complexity index is 640. The first-order chi connectivity index (χ1) is 13.0. The summed E-state index contributed by atoms with van der Waals surface area (Å²) in [7, 11) is 6.75. The van der Waals surface area contributed by atoms with Crippen LogP contribution in [0.2, 0.25) is 0 Å². The van der Waals surface area contributed by atoms with Crippen LogP contribution in [0.1, 0.15) is 31.2 Å². The predicted molar refractivity (Wildman–Crippen MR) is 108 cm³/mol. The number of benzene rings is 1. The van der Waals surface area contributed by atoms with Crippen molar-refractivity contribution in [1.82, 2.24) is 15.5 Å². The van der Waals surface area contributed by atoms with E-state index in [0.717, 1.165) is 36.3 Å². The molecule has 0 saturated heterocycles. The summed E-state index contributed by atoms with van der Waals surface area (Å²) >= 11 is 0. The number of carbonyl (C=O) groups is 1. The van der Waals surface area contributed by atoms with E-state index in [0.29, 0.717) is 18.5 Å². The number of nitrogens with one attached hydrogen (secondary N) is 2. The molecule has 0 aliphatic heterocycles. The van der Waals surface area contributed by atoms with Gasteiger partial charge in [-0.25, -0.2) is 4.99 Å². The molecule has 0 radical (unpaired) electrons. The molecular formula is C20H32N4O3. The molecule has 2 rings (SSSR count). The zero-order valence-electron chi connectivity index (χ0n) is 16.9. The number of ether oxygens (including phenoxy) is 2. The van der Waals surface area contributed by atoms with Crippen LogP contribution in [0.3, 0.4) is 0 Å². The summed E-state index contributed by atoms with van der Waals surface area (Å²) in [5, 5.41) is 6.81. The van der Waals surface area contributed by atoms with Gasteiger partial charge in [-0.15, -0.1) is 0 Å². The van der Waals surface area contributed by atoms with Crippen molar-refractivity contribution >= 4 is 11.9 Å². The van der Waals surface area contributed by atoms with Crippen molar-refractivity contribution in [2.24, 2.45) is 4.99 Å². The van der Waals surface area contributed by atoms with Crippen LogP contribution in [0.5, 0.6) is 11.5 Å². The largest absolute Gasteiger partial charge is 0.493 e. The van der Waals surface area contributed by atoms with Crippen molar-refractivity contribution in [3.05, 3.63) is 23.8 Å². The fourth-order valence-corrected chi connectivity index (χ4v) is 3.07. The van der Waals surface area contributed by atoms with E-state index >= 15 is 0 Å². The second-order valence-electron chi connectivity index (χ2n) is 6.94. The van der Waals surface area contributed by atoms with E-state index in [2.05, 4.69) is 15.6 Å². The van der Waals surface area contributed by atoms with Crippen LogP contribution in [-0.2, 0) is 11.2 Å².